The third-order valence-corrected chi connectivity index (χ3v) is 2.75. The van der Waals surface area contributed by atoms with E-state index in [0.29, 0.717) is 0 Å². The van der Waals surface area contributed by atoms with Gasteiger partial charge in [-0.1, -0.05) is 48.9 Å². The minimum absolute atomic E-state index is 1.10. The Labute approximate surface area is 86.0 Å². The number of rotatable bonds is 2. The molecule has 0 aromatic heterocycles. The van der Waals surface area contributed by atoms with Crippen LogP contribution in [-0.2, 0) is 6.42 Å². The van der Waals surface area contributed by atoms with Gasteiger partial charge >= 0.3 is 0 Å². The average molecular weight is 184 g/mol. The highest BCUT2D eigenvalue weighted by molar-refractivity contribution is 5.72. The summed E-state index contributed by atoms with van der Waals surface area (Å²) in [4.78, 5) is 0. The third kappa shape index (κ3) is 1.79. The van der Waals surface area contributed by atoms with Gasteiger partial charge in [0.25, 0.3) is 0 Å². The van der Waals surface area contributed by atoms with Crippen molar-refractivity contribution in [2.75, 3.05) is 0 Å². The van der Waals surface area contributed by atoms with Crippen molar-refractivity contribution in [2.45, 2.75) is 26.7 Å². The highest BCUT2D eigenvalue weighted by atomic mass is 14.1. The first-order valence-electron chi connectivity index (χ1n) is 5.26. The van der Waals surface area contributed by atoms with Crippen LogP contribution in [0.4, 0.5) is 0 Å². The molecule has 0 N–H and O–H groups in total. The van der Waals surface area contributed by atoms with E-state index in [4.69, 9.17) is 0 Å². The quantitative estimate of drug-likeness (QED) is 0.652. The van der Waals surface area contributed by atoms with Crippen molar-refractivity contribution in [1.29, 1.82) is 0 Å². The van der Waals surface area contributed by atoms with Gasteiger partial charge in [-0.2, -0.15) is 0 Å². The Bertz CT molecular complexity index is 394. The van der Waals surface area contributed by atoms with E-state index in [1.807, 2.05) is 0 Å². The number of hydrogen-bond acceptors (Lipinski definition) is 0. The summed E-state index contributed by atoms with van der Waals surface area (Å²) in [6.07, 6.45) is 6.79. The zero-order valence-electron chi connectivity index (χ0n) is 8.88. The number of aryl methyl sites for hydroxylation is 1. The summed E-state index contributed by atoms with van der Waals surface area (Å²) >= 11 is 0. The molecule has 1 aromatic carbocycles. The lowest BCUT2D eigenvalue weighted by Gasteiger charge is -2.04. The Morgan fingerprint density at radius 2 is 2.14 bits per heavy atom. The van der Waals surface area contributed by atoms with E-state index < -0.39 is 0 Å². The zero-order chi connectivity index (χ0) is 9.97. The predicted octanol–water partition coefficient (Wildman–Crippen LogP) is 3.98. The van der Waals surface area contributed by atoms with Crippen molar-refractivity contribution in [2.24, 2.45) is 0 Å². The second kappa shape index (κ2) is 3.83. The van der Waals surface area contributed by atoms with E-state index in [9.17, 15) is 0 Å². The molecule has 14 heavy (non-hydrogen) atoms. The molecule has 0 heterocycles. The van der Waals surface area contributed by atoms with Crippen LogP contribution in [0, 0.1) is 0 Å². The molecule has 0 spiro atoms. The molecular weight excluding hydrogens is 168 g/mol. The Kier molecular flexibility index (Phi) is 2.53. The largest absolute Gasteiger partial charge is 0.0772 e. The van der Waals surface area contributed by atoms with Crippen molar-refractivity contribution in [3.8, 4) is 0 Å². The predicted molar refractivity (Wildman–Crippen MR) is 62.2 cm³/mol. The molecule has 1 aliphatic rings. The van der Waals surface area contributed by atoms with Gasteiger partial charge in [-0.15, -0.1) is 0 Å². The van der Waals surface area contributed by atoms with Crippen LogP contribution in [-0.4, -0.2) is 0 Å². The average Bonchev–Trinajstić information content (AvgIpc) is 2.65. The normalized spacial score (nSPS) is 15.3. The minimum atomic E-state index is 1.10. The molecule has 1 aliphatic carbocycles. The fraction of sp³-hybridized carbons (Fsp3) is 0.286. The Balaban J connectivity index is 2.30. The second-order valence-electron chi connectivity index (χ2n) is 3.88. The van der Waals surface area contributed by atoms with Crippen LogP contribution in [0.25, 0.3) is 5.57 Å². The highest BCUT2D eigenvalue weighted by Crippen LogP contribution is 2.27. The van der Waals surface area contributed by atoms with Crippen molar-refractivity contribution in [3.05, 3.63) is 53.1 Å². The molecule has 0 aliphatic heterocycles. The number of hydrogen-bond donors (Lipinski definition) is 0. The molecule has 0 nitrogen and oxygen atoms in total. The summed E-state index contributed by atoms with van der Waals surface area (Å²) in [5, 5.41) is 0. The van der Waals surface area contributed by atoms with E-state index in [1.165, 1.54) is 22.3 Å². The first-order chi connectivity index (χ1) is 6.79. The third-order valence-electron chi connectivity index (χ3n) is 2.75. The van der Waals surface area contributed by atoms with E-state index in [2.05, 4.69) is 50.3 Å². The lowest BCUT2D eigenvalue weighted by Crippen LogP contribution is -1.84. The molecule has 2 rings (SSSR count). The Hall–Kier alpha value is -1.30. The Morgan fingerprint density at radius 3 is 2.79 bits per heavy atom. The first kappa shape index (κ1) is 9.26. The fourth-order valence-corrected chi connectivity index (χ4v) is 1.86. The van der Waals surface area contributed by atoms with Crippen LogP contribution < -0.4 is 0 Å². The lowest BCUT2D eigenvalue weighted by molar-refractivity contribution is 1.14. The van der Waals surface area contributed by atoms with Crippen molar-refractivity contribution in [1.82, 2.24) is 0 Å². The molecule has 0 saturated heterocycles. The maximum absolute atomic E-state index is 2.30. The van der Waals surface area contributed by atoms with Gasteiger partial charge in [0.1, 0.15) is 0 Å². The summed E-state index contributed by atoms with van der Waals surface area (Å²) in [7, 11) is 0. The van der Waals surface area contributed by atoms with Gasteiger partial charge in [0.05, 0.1) is 0 Å². The van der Waals surface area contributed by atoms with Crippen LogP contribution >= 0.6 is 0 Å². The number of allylic oxidation sites excluding steroid dienone is 4. The molecule has 0 unspecified atom stereocenters. The molecule has 0 radical (unpaired) electrons. The Morgan fingerprint density at radius 1 is 1.29 bits per heavy atom. The molecular formula is C14H16. The fourth-order valence-electron chi connectivity index (χ4n) is 1.86. The van der Waals surface area contributed by atoms with Crippen LogP contribution in [0.15, 0.2) is 42.0 Å². The second-order valence-corrected chi connectivity index (χ2v) is 3.88. The minimum Gasteiger partial charge on any atom is -0.0772 e. The molecule has 0 atom stereocenters. The van der Waals surface area contributed by atoms with Crippen molar-refractivity contribution in [3.63, 3.8) is 0 Å². The molecule has 1 aromatic rings. The van der Waals surface area contributed by atoms with Crippen molar-refractivity contribution < 1.29 is 0 Å². The van der Waals surface area contributed by atoms with Gasteiger partial charge in [0, 0.05) is 0 Å². The molecule has 0 bridgehead atoms. The molecule has 72 valence electrons. The van der Waals surface area contributed by atoms with Gasteiger partial charge in [0.2, 0.25) is 0 Å². The van der Waals surface area contributed by atoms with E-state index in [-0.39, 0.29) is 0 Å². The molecule has 0 saturated carbocycles. The van der Waals surface area contributed by atoms with Gasteiger partial charge < -0.3 is 0 Å². The van der Waals surface area contributed by atoms with Gasteiger partial charge in [-0.3, -0.25) is 0 Å². The highest BCUT2D eigenvalue weighted by Gasteiger charge is 2.05. The topological polar surface area (TPSA) is 0 Å². The van der Waals surface area contributed by atoms with E-state index in [1.54, 1.807) is 0 Å². The SMILES string of the molecule is CCc1cccc(C2=CC(C)=CC2)c1. The smallest absolute Gasteiger partial charge is 0.00857 e. The zero-order valence-corrected chi connectivity index (χ0v) is 8.88. The monoisotopic (exact) mass is 184 g/mol. The summed E-state index contributed by atoms with van der Waals surface area (Å²) < 4.78 is 0. The lowest BCUT2D eigenvalue weighted by atomic mass is 10.0. The maximum Gasteiger partial charge on any atom is -0.00857 e. The summed E-state index contributed by atoms with van der Waals surface area (Å²) in [5.74, 6) is 0. The van der Waals surface area contributed by atoms with Crippen molar-refractivity contribution >= 4 is 5.57 Å². The first-order valence-corrected chi connectivity index (χ1v) is 5.26. The van der Waals surface area contributed by atoms with Gasteiger partial charge in [-0.05, 0) is 36.5 Å². The summed E-state index contributed by atoms with van der Waals surface area (Å²) in [6.45, 7) is 4.36. The summed E-state index contributed by atoms with van der Waals surface area (Å²) in [5.41, 5.74) is 5.66. The summed E-state index contributed by atoms with van der Waals surface area (Å²) in [6, 6.07) is 8.86. The molecule has 0 amide bonds. The van der Waals surface area contributed by atoms with E-state index >= 15 is 0 Å². The van der Waals surface area contributed by atoms with Gasteiger partial charge in [-0.25, -0.2) is 0 Å². The maximum atomic E-state index is 2.30. The van der Waals surface area contributed by atoms with Gasteiger partial charge in [0.15, 0.2) is 0 Å². The molecule has 0 fully saturated rings. The van der Waals surface area contributed by atoms with Crippen LogP contribution in [0.1, 0.15) is 31.4 Å². The standard InChI is InChI=1S/C14H16/c1-3-12-5-4-6-13(10-12)14-8-7-11(2)9-14/h4-7,9-10H,3,8H2,1-2H3. The number of benzene rings is 1. The van der Waals surface area contributed by atoms with Crippen LogP contribution in [0.2, 0.25) is 0 Å². The molecule has 0 heteroatoms. The van der Waals surface area contributed by atoms with Crippen LogP contribution in [0.5, 0.6) is 0 Å². The van der Waals surface area contributed by atoms with Crippen LogP contribution in [0.3, 0.4) is 0 Å². The van der Waals surface area contributed by atoms with E-state index in [0.717, 1.165) is 12.8 Å².